The fraction of sp³-hybridized carbons (Fsp3) is 0.786. The van der Waals surface area contributed by atoms with Gasteiger partial charge in [0.2, 0.25) is 0 Å². The van der Waals surface area contributed by atoms with Crippen molar-refractivity contribution in [2.24, 2.45) is 29.1 Å². The molecule has 1 fully saturated rings. The topological polar surface area (TPSA) is 72.8 Å². The monoisotopic (exact) mass is 460 g/mol. The zero-order chi connectivity index (χ0) is 24.2. The molecule has 186 valence electrons. The highest BCUT2D eigenvalue weighted by atomic mass is 16.6. The average molecular weight is 461 g/mol. The number of hydrogen-bond acceptors (Lipinski definition) is 5. The molecule has 1 saturated heterocycles. The van der Waals surface area contributed by atoms with Gasteiger partial charge in [0.1, 0.15) is 12.2 Å². The van der Waals surface area contributed by atoms with E-state index in [0.29, 0.717) is 24.2 Å². The normalized spacial score (nSPS) is 34.3. The fourth-order valence-electron chi connectivity index (χ4n) is 6.37. The molecule has 1 heterocycles. The largest absolute Gasteiger partial charge is 0.462 e. The highest BCUT2D eigenvalue weighted by Crippen LogP contribution is 2.46. The molecule has 2 aliphatic carbocycles. The molecule has 0 spiro atoms. The molecule has 1 N–H and O–H groups in total. The number of ether oxygens (including phenoxy) is 2. The van der Waals surface area contributed by atoms with Crippen molar-refractivity contribution in [1.82, 2.24) is 0 Å². The van der Waals surface area contributed by atoms with Gasteiger partial charge in [0, 0.05) is 12.3 Å². The van der Waals surface area contributed by atoms with Crippen LogP contribution < -0.4 is 0 Å². The molecule has 0 saturated carbocycles. The number of hydrogen-bond donors (Lipinski definition) is 1. The van der Waals surface area contributed by atoms with Crippen molar-refractivity contribution < 1.29 is 24.2 Å². The van der Waals surface area contributed by atoms with Gasteiger partial charge in [-0.05, 0) is 61.9 Å². The second-order valence-corrected chi connectivity index (χ2v) is 10.8. The lowest BCUT2D eigenvalue weighted by Gasteiger charge is -2.44. The van der Waals surface area contributed by atoms with Crippen LogP contribution in [-0.4, -0.2) is 35.4 Å². The second kappa shape index (κ2) is 11.2. The number of carbonyl (C=O) groups is 2. The zero-order valence-electron chi connectivity index (χ0n) is 21.2. The van der Waals surface area contributed by atoms with Gasteiger partial charge in [-0.2, -0.15) is 0 Å². The summed E-state index contributed by atoms with van der Waals surface area (Å²) in [5.41, 5.74) is 0.890. The van der Waals surface area contributed by atoms with Crippen molar-refractivity contribution in [3.63, 3.8) is 0 Å². The minimum atomic E-state index is -0.602. The van der Waals surface area contributed by atoms with Gasteiger partial charge in [-0.1, -0.05) is 59.3 Å². The third-order valence-electron chi connectivity index (χ3n) is 8.43. The van der Waals surface area contributed by atoms with Crippen molar-refractivity contribution in [3.8, 4) is 0 Å². The molecule has 5 nitrogen and oxygen atoms in total. The third-order valence-corrected chi connectivity index (χ3v) is 8.43. The summed E-state index contributed by atoms with van der Waals surface area (Å²) in [7, 11) is 0. The zero-order valence-corrected chi connectivity index (χ0v) is 21.2. The van der Waals surface area contributed by atoms with Crippen LogP contribution in [0.3, 0.4) is 0 Å². The van der Waals surface area contributed by atoms with Gasteiger partial charge < -0.3 is 14.6 Å². The van der Waals surface area contributed by atoms with Crippen molar-refractivity contribution in [1.29, 1.82) is 0 Å². The summed E-state index contributed by atoms with van der Waals surface area (Å²) >= 11 is 0. The van der Waals surface area contributed by atoms with E-state index in [1.54, 1.807) is 0 Å². The van der Waals surface area contributed by atoms with Crippen LogP contribution >= 0.6 is 0 Å². The van der Waals surface area contributed by atoms with E-state index in [1.165, 1.54) is 5.57 Å². The molecular formula is C28H44O5. The van der Waals surface area contributed by atoms with Gasteiger partial charge in [-0.3, -0.25) is 9.59 Å². The fourth-order valence-corrected chi connectivity index (χ4v) is 6.37. The Morgan fingerprint density at radius 3 is 2.55 bits per heavy atom. The van der Waals surface area contributed by atoms with Gasteiger partial charge in [0.25, 0.3) is 0 Å². The lowest BCUT2D eigenvalue weighted by molar-refractivity contribution is -0.168. The molecule has 1 unspecified atom stereocenters. The molecule has 3 aliphatic rings. The summed E-state index contributed by atoms with van der Waals surface area (Å²) in [6.45, 7) is 10.8. The second-order valence-electron chi connectivity index (χ2n) is 10.8. The summed E-state index contributed by atoms with van der Waals surface area (Å²) in [4.78, 5) is 25.3. The van der Waals surface area contributed by atoms with Crippen molar-refractivity contribution >= 4 is 11.9 Å². The quantitative estimate of drug-likeness (QED) is 0.443. The van der Waals surface area contributed by atoms with E-state index < -0.39 is 11.5 Å². The third kappa shape index (κ3) is 5.90. The van der Waals surface area contributed by atoms with Gasteiger partial charge in [0.15, 0.2) is 0 Å². The molecule has 0 bridgehead atoms. The maximum absolute atomic E-state index is 13.5. The number of aliphatic hydroxyl groups excluding tert-OH is 1. The molecular weight excluding hydrogens is 416 g/mol. The Bertz CT molecular complexity index is 749. The standard InChI is InChI=1S/C28H44O5/c1-6-13-28(7-2,8-3)27(31)33-24-15-18(4)14-20-10-9-19(5)23(26(20)24)12-11-22-16-21(29)17-25(30)32-22/h9-10,14,18-19,21-24,26,29H,6-8,11-13,15-17H2,1-5H3/t18-,19-,21+,22+,23-,24-,26?/m0/s1. The summed E-state index contributed by atoms with van der Waals surface area (Å²) in [6, 6.07) is 0. The molecule has 1 aliphatic heterocycles. The Kier molecular flexibility index (Phi) is 8.82. The number of rotatable bonds is 9. The van der Waals surface area contributed by atoms with E-state index in [9.17, 15) is 14.7 Å². The van der Waals surface area contributed by atoms with Crippen LogP contribution in [0.2, 0.25) is 0 Å². The van der Waals surface area contributed by atoms with Crippen LogP contribution in [0.15, 0.2) is 23.8 Å². The Morgan fingerprint density at radius 2 is 1.91 bits per heavy atom. The number of cyclic esters (lactones) is 1. The predicted octanol–water partition coefficient (Wildman–Crippen LogP) is 5.76. The lowest BCUT2D eigenvalue weighted by Crippen LogP contribution is -2.44. The van der Waals surface area contributed by atoms with Gasteiger partial charge in [0.05, 0.1) is 17.9 Å². The number of allylic oxidation sites excluding steroid dienone is 3. The predicted molar refractivity (Wildman–Crippen MR) is 129 cm³/mol. The van der Waals surface area contributed by atoms with E-state index in [4.69, 9.17) is 9.47 Å². The molecule has 33 heavy (non-hydrogen) atoms. The molecule has 0 amide bonds. The highest BCUT2D eigenvalue weighted by Gasteiger charge is 2.44. The van der Waals surface area contributed by atoms with E-state index in [1.807, 2.05) is 0 Å². The Balaban J connectivity index is 1.79. The first kappa shape index (κ1) is 26.0. The van der Waals surface area contributed by atoms with Crippen molar-refractivity contribution in [2.45, 2.75) is 111 Å². The molecule has 0 radical (unpaired) electrons. The minimum Gasteiger partial charge on any atom is -0.462 e. The highest BCUT2D eigenvalue weighted by molar-refractivity contribution is 5.77. The van der Waals surface area contributed by atoms with Crippen LogP contribution in [0, 0.1) is 29.1 Å². The SMILES string of the molecule is CCCC(CC)(CC)C(=O)O[C@H]1C[C@@H](C)C=C2C=C[C@H](C)[C@H](CC[C@@H]3C[C@@H](O)CC(=O)O3)C21. The first-order valence-electron chi connectivity index (χ1n) is 13.2. The first-order valence-corrected chi connectivity index (χ1v) is 13.2. The maximum atomic E-state index is 13.5. The lowest BCUT2D eigenvalue weighted by atomic mass is 9.65. The Hall–Kier alpha value is -1.62. The number of carbonyl (C=O) groups excluding carboxylic acids is 2. The molecule has 0 aromatic carbocycles. The molecule has 0 aromatic rings. The van der Waals surface area contributed by atoms with Gasteiger partial charge in [-0.15, -0.1) is 0 Å². The van der Waals surface area contributed by atoms with Crippen LogP contribution in [-0.2, 0) is 19.1 Å². The van der Waals surface area contributed by atoms with Gasteiger partial charge >= 0.3 is 11.9 Å². The Labute approximate surface area is 200 Å². The summed E-state index contributed by atoms with van der Waals surface area (Å²) < 4.78 is 11.9. The van der Waals surface area contributed by atoms with Crippen LogP contribution in [0.1, 0.15) is 92.4 Å². The van der Waals surface area contributed by atoms with E-state index in [-0.39, 0.29) is 36.5 Å². The number of fused-ring (bicyclic) bond motifs is 1. The summed E-state index contributed by atoms with van der Waals surface area (Å²) in [6.07, 6.45) is 12.4. The van der Waals surface area contributed by atoms with Crippen molar-refractivity contribution in [2.75, 3.05) is 0 Å². The smallest absolute Gasteiger partial charge is 0.312 e. The van der Waals surface area contributed by atoms with Crippen LogP contribution in [0.25, 0.3) is 0 Å². The van der Waals surface area contributed by atoms with Gasteiger partial charge in [-0.25, -0.2) is 0 Å². The molecule has 7 atom stereocenters. The minimum absolute atomic E-state index is 0.0295. The Morgan fingerprint density at radius 1 is 1.18 bits per heavy atom. The van der Waals surface area contributed by atoms with E-state index >= 15 is 0 Å². The molecule has 3 rings (SSSR count). The summed E-state index contributed by atoms with van der Waals surface area (Å²) in [5.74, 6) is 0.865. The van der Waals surface area contributed by atoms with Crippen LogP contribution in [0.5, 0.6) is 0 Å². The number of aliphatic hydroxyl groups is 1. The number of esters is 2. The van der Waals surface area contributed by atoms with E-state index in [0.717, 1.165) is 44.9 Å². The van der Waals surface area contributed by atoms with E-state index in [2.05, 4.69) is 52.8 Å². The molecule has 0 aromatic heterocycles. The maximum Gasteiger partial charge on any atom is 0.312 e. The van der Waals surface area contributed by atoms with Crippen molar-refractivity contribution in [3.05, 3.63) is 23.8 Å². The average Bonchev–Trinajstić information content (AvgIpc) is 2.76. The van der Waals surface area contributed by atoms with Crippen LogP contribution in [0.4, 0.5) is 0 Å². The molecule has 5 heteroatoms. The summed E-state index contributed by atoms with van der Waals surface area (Å²) in [5, 5.41) is 9.98. The first-order chi connectivity index (χ1) is 15.7.